The van der Waals surface area contributed by atoms with Crippen molar-refractivity contribution in [2.24, 2.45) is 17.8 Å². The summed E-state index contributed by atoms with van der Waals surface area (Å²) < 4.78 is -1.67. The molecule has 6 rings (SSSR count). The van der Waals surface area contributed by atoms with Gasteiger partial charge in [-0.15, -0.1) is 11.8 Å². The van der Waals surface area contributed by atoms with Gasteiger partial charge in [0.05, 0.1) is 29.2 Å². The Kier molecular flexibility index (Phi) is 7.13. The second-order valence-electron chi connectivity index (χ2n) is 12.5. The summed E-state index contributed by atoms with van der Waals surface area (Å²) in [6.45, 7) is 10.5. The Balaban J connectivity index is 1.53. The summed E-state index contributed by atoms with van der Waals surface area (Å²) in [5.41, 5.74) is 3.59. The van der Waals surface area contributed by atoms with Crippen LogP contribution in [0.15, 0.2) is 72.8 Å². The van der Waals surface area contributed by atoms with Crippen LogP contribution >= 0.6 is 11.8 Å². The molecule has 8 heteroatoms. The molecule has 0 bridgehead atoms. The Morgan fingerprint density at radius 1 is 0.857 bits per heavy atom. The largest absolute Gasteiger partial charge is 0.394 e. The number of aliphatic hydroxyl groups is 1. The van der Waals surface area contributed by atoms with Crippen LogP contribution in [0.5, 0.6) is 0 Å². The molecule has 4 heterocycles. The van der Waals surface area contributed by atoms with Crippen molar-refractivity contribution in [1.82, 2.24) is 4.90 Å². The number of fused-ring (bicyclic) bond motifs is 2. The fourth-order valence-corrected chi connectivity index (χ4v) is 9.85. The van der Waals surface area contributed by atoms with Gasteiger partial charge in [0.1, 0.15) is 6.04 Å². The maximum atomic E-state index is 14.9. The van der Waals surface area contributed by atoms with E-state index in [-0.39, 0.29) is 30.2 Å². The number of thioether (sulfide) groups is 1. The fourth-order valence-electron chi connectivity index (χ4n) is 7.71. The molecule has 0 saturated carbocycles. The van der Waals surface area contributed by atoms with E-state index >= 15 is 0 Å². The molecule has 1 unspecified atom stereocenters. The number of rotatable bonds is 5. The Bertz CT molecular complexity index is 1470. The smallest absolute Gasteiger partial charge is 0.251 e. The molecule has 2 aromatic rings. The van der Waals surface area contributed by atoms with Crippen molar-refractivity contribution in [1.29, 1.82) is 0 Å². The quantitative estimate of drug-likeness (QED) is 0.523. The fraction of sp³-hybridized carbons (Fsp3) is 0.441. The van der Waals surface area contributed by atoms with Gasteiger partial charge in [-0.25, -0.2) is 0 Å². The van der Waals surface area contributed by atoms with Crippen LogP contribution in [-0.2, 0) is 14.4 Å². The van der Waals surface area contributed by atoms with E-state index in [9.17, 15) is 19.5 Å². The molecular weight excluding hydrogens is 546 g/mol. The van der Waals surface area contributed by atoms with Crippen LogP contribution in [0.4, 0.5) is 11.4 Å². The lowest BCUT2D eigenvalue weighted by molar-refractivity contribution is -0.143. The van der Waals surface area contributed by atoms with Crippen molar-refractivity contribution in [3.05, 3.63) is 84.0 Å². The van der Waals surface area contributed by atoms with Gasteiger partial charge in [-0.05, 0) is 49.9 Å². The van der Waals surface area contributed by atoms with E-state index in [0.29, 0.717) is 13.1 Å². The number of benzene rings is 2. The molecule has 7 nitrogen and oxygen atoms in total. The molecule has 2 fully saturated rings. The van der Waals surface area contributed by atoms with Gasteiger partial charge in [0, 0.05) is 29.2 Å². The highest BCUT2D eigenvalue weighted by molar-refractivity contribution is 8.02. The van der Waals surface area contributed by atoms with Gasteiger partial charge in [0.15, 0.2) is 0 Å². The van der Waals surface area contributed by atoms with Gasteiger partial charge < -0.3 is 19.8 Å². The standard InChI is InChI=1S/C34H39N3O4S/c1-21(2)25(20-38)37-29-32(41)36(28-22(3)12-9-13-23(28)4)19-11-17-34(29)27(31(37)40)26-30(39)35(24-14-7-6-8-15-24)18-10-16-33(26,5)42-34/h6-17,21,25-27,29,38H,18-20H2,1-5H3/t25-,26+,27-,29?,33-,34-/m0/s1. The third-order valence-corrected chi connectivity index (χ3v) is 11.4. The van der Waals surface area contributed by atoms with Crippen LogP contribution in [0.1, 0.15) is 31.9 Å². The molecule has 0 radical (unpaired) electrons. The minimum Gasteiger partial charge on any atom is -0.394 e. The molecule has 0 aromatic heterocycles. The monoisotopic (exact) mass is 585 g/mol. The average molecular weight is 586 g/mol. The van der Waals surface area contributed by atoms with E-state index in [0.717, 1.165) is 22.5 Å². The normalized spacial score (nSPS) is 31.3. The van der Waals surface area contributed by atoms with Crippen molar-refractivity contribution >= 4 is 40.9 Å². The van der Waals surface area contributed by atoms with Gasteiger partial charge in [-0.1, -0.05) is 74.5 Å². The molecule has 1 N–H and O–H groups in total. The topological polar surface area (TPSA) is 81.2 Å². The van der Waals surface area contributed by atoms with Crippen LogP contribution in [-0.4, -0.2) is 69.0 Å². The second-order valence-corrected chi connectivity index (χ2v) is 14.3. The number of amides is 3. The summed E-state index contributed by atoms with van der Waals surface area (Å²) in [5.74, 6) is -2.05. The summed E-state index contributed by atoms with van der Waals surface area (Å²) in [6.07, 6.45) is 8.13. The summed E-state index contributed by atoms with van der Waals surface area (Å²) in [7, 11) is 0. The first kappa shape index (κ1) is 28.7. The molecule has 4 aliphatic rings. The first-order chi connectivity index (χ1) is 20.1. The van der Waals surface area contributed by atoms with E-state index in [2.05, 4.69) is 6.08 Å². The summed E-state index contributed by atoms with van der Waals surface area (Å²) in [6, 6.07) is 14.1. The lowest BCUT2D eigenvalue weighted by Crippen LogP contribution is -2.58. The predicted molar refractivity (Wildman–Crippen MR) is 167 cm³/mol. The van der Waals surface area contributed by atoms with Crippen LogP contribution in [0.2, 0.25) is 0 Å². The van der Waals surface area contributed by atoms with Gasteiger partial charge >= 0.3 is 0 Å². The highest BCUT2D eigenvalue weighted by Crippen LogP contribution is 2.66. The van der Waals surface area contributed by atoms with Crippen LogP contribution < -0.4 is 9.80 Å². The van der Waals surface area contributed by atoms with Gasteiger partial charge in [0.2, 0.25) is 11.8 Å². The Morgan fingerprint density at radius 2 is 1.50 bits per heavy atom. The number of hydrogen-bond donors (Lipinski definition) is 1. The maximum Gasteiger partial charge on any atom is 0.251 e. The molecule has 2 aromatic carbocycles. The zero-order chi connectivity index (χ0) is 30.0. The molecule has 2 saturated heterocycles. The highest BCUT2D eigenvalue weighted by Gasteiger charge is 2.74. The van der Waals surface area contributed by atoms with Crippen molar-refractivity contribution < 1.29 is 19.5 Å². The molecule has 1 spiro atoms. The minimum absolute atomic E-state index is 0.0922. The predicted octanol–water partition coefficient (Wildman–Crippen LogP) is 4.51. The number of carbonyl (C=O) groups excluding carboxylic acids is 3. The summed E-state index contributed by atoms with van der Waals surface area (Å²) in [5, 5.41) is 10.6. The van der Waals surface area contributed by atoms with Crippen molar-refractivity contribution in [3.63, 3.8) is 0 Å². The minimum atomic E-state index is -0.971. The first-order valence-corrected chi connectivity index (χ1v) is 15.6. The highest BCUT2D eigenvalue weighted by atomic mass is 32.2. The van der Waals surface area contributed by atoms with Crippen molar-refractivity contribution in [2.75, 3.05) is 29.5 Å². The van der Waals surface area contributed by atoms with Crippen LogP contribution in [0.25, 0.3) is 0 Å². The number of carbonyl (C=O) groups is 3. The lowest BCUT2D eigenvalue weighted by atomic mass is 9.74. The lowest BCUT2D eigenvalue weighted by Gasteiger charge is -2.41. The molecule has 0 aliphatic carbocycles. The third-order valence-electron chi connectivity index (χ3n) is 9.59. The molecule has 220 valence electrons. The third kappa shape index (κ3) is 4.09. The number of anilines is 2. The summed E-state index contributed by atoms with van der Waals surface area (Å²) in [4.78, 5) is 49.4. The Hall–Kier alpha value is -3.36. The number of hydrogen-bond acceptors (Lipinski definition) is 5. The Labute approximate surface area is 252 Å². The number of aryl methyl sites for hydroxylation is 2. The number of aliphatic hydroxyl groups excluding tert-OH is 1. The molecule has 6 atom stereocenters. The molecule has 3 amide bonds. The maximum absolute atomic E-state index is 14.9. The molecular formula is C34H39N3O4S. The summed E-state index contributed by atoms with van der Waals surface area (Å²) >= 11 is 1.57. The SMILES string of the molecule is Cc1cccc(C)c1N1CC=C[C@]23S[C@@]4(C)C=CCN(c5ccccc5)C(=O)[C@H]4[C@H]2C(=O)N([C@@H](CO)C(C)C)C3C1=O. The number of nitrogens with zero attached hydrogens (tertiary/aromatic N) is 3. The van der Waals surface area contributed by atoms with Crippen molar-refractivity contribution in [2.45, 2.75) is 56.2 Å². The molecule has 42 heavy (non-hydrogen) atoms. The van der Waals surface area contributed by atoms with Gasteiger partial charge in [-0.2, -0.15) is 0 Å². The molecule has 4 aliphatic heterocycles. The van der Waals surface area contributed by atoms with Crippen molar-refractivity contribution in [3.8, 4) is 0 Å². The van der Waals surface area contributed by atoms with E-state index < -0.39 is 33.4 Å². The van der Waals surface area contributed by atoms with Crippen LogP contribution in [0, 0.1) is 31.6 Å². The first-order valence-electron chi connectivity index (χ1n) is 14.8. The number of likely N-dealkylation sites (tertiary alicyclic amines) is 1. The average Bonchev–Trinajstić information content (AvgIpc) is 3.22. The zero-order valence-electron chi connectivity index (χ0n) is 24.9. The van der Waals surface area contributed by atoms with E-state index in [4.69, 9.17) is 0 Å². The van der Waals surface area contributed by atoms with Gasteiger partial charge in [0.25, 0.3) is 5.91 Å². The zero-order valence-corrected chi connectivity index (χ0v) is 25.7. The Morgan fingerprint density at radius 3 is 2.14 bits per heavy atom. The van der Waals surface area contributed by atoms with Crippen LogP contribution in [0.3, 0.4) is 0 Å². The van der Waals surface area contributed by atoms with Gasteiger partial charge in [-0.3, -0.25) is 14.4 Å². The van der Waals surface area contributed by atoms with E-state index in [1.807, 2.05) is 101 Å². The van der Waals surface area contributed by atoms with E-state index in [1.54, 1.807) is 26.5 Å². The van der Waals surface area contributed by atoms with E-state index in [1.165, 1.54) is 0 Å². The second kappa shape index (κ2) is 10.4. The number of para-hydroxylation sites is 2.